The lowest BCUT2D eigenvalue weighted by atomic mass is 10.1. The van der Waals surface area contributed by atoms with Crippen LogP contribution >= 0.6 is 15.9 Å². The van der Waals surface area contributed by atoms with Crippen LogP contribution in [0.5, 0.6) is 5.75 Å². The molecule has 0 bridgehead atoms. The molecule has 31 heavy (non-hydrogen) atoms. The molecule has 5 heteroatoms. The van der Waals surface area contributed by atoms with Gasteiger partial charge in [0.1, 0.15) is 12.4 Å². The second-order valence-corrected chi connectivity index (χ2v) is 7.98. The molecule has 0 atom stereocenters. The number of hydrazone groups is 1. The van der Waals surface area contributed by atoms with Crippen LogP contribution < -0.4 is 10.2 Å². The molecule has 0 aliphatic rings. The first-order valence-corrected chi connectivity index (χ1v) is 10.7. The summed E-state index contributed by atoms with van der Waals surface area (Å²) in [6.07, 6.45) is 1.88. The Kier molecular flexibility index (Phi) is 6.75. The number of nitrogens with one attached hydrogen (secondary N) is 1. The Morgan fingerprint density at radius 1 is 0.903 bits per heavy atom. The molecule has 0 spiro atoms. The van der Waals surface area contributed by atoms with Crippen molar-refractivity contribution in [3.05, 3.63) is 112 Å². The molecule has 0 fully saturated rings. The summed E-state index contributed by atoms with van der Waals surface area (Å²) >= 11 is 3.39. The van der Waals surface area contributed by atoms with Crippen LogP contribution in [0.3, 0.4) is 0 Å². The van der Waals surface area contributed by atoms with E-state index in [1.807, 2.05) is 66.7 Å². The summed E-state index contributed by atoms with van der Waals surface area (Å²) in [5.74, 6) is 0.536. The molecule has 0 radical (unpaired) electrons. The summed E-state index contributed by atoms with van der Waals surface area (Å²) in [4.78, 5) is 12.1. The number of carbonyl (C=O) groups excluding carboxylic acids is 1. The van der Waals surface area contributed by atoms with Gasteiger partial charge in [-0.1, -0.05) is 82.7 Å². The zero-order valence-corrected chi connectivity index (χ0v) is 18.4. The molecule has 4 aromatic rings. The Morgan fingerprint density at radius 3 is 2.52 bits per heavy atom. The van der Waals surface area contributed by atoms with E-state index in [1.165, 1.54) is 10.8 Å². The minimum Gasteiger partial charge on any atom is -0.488 e. The standard InChI is InChI=1S/C26H21BrN2O2/c27-23-14-12-19(13-15-23)16-26(30)29-28-17-21-7-2-4-11-25(21)31-18-22-9-5-8-20-6-1-3-10-24(20)22/h1-15,17H,16,18H2,(H,29,30)/b28-17-. The average molecular weight is 473 g/mol. The van der Waals surface area contributed by atoms with Crippen LogP contribution in [0.25, 0.3) is 10.8 Å². The molecule has 4 rings (SSSR count). The number of hydrogen-bond acceptors (Lipinski definition) is 3. The van der Waals surface area contributed by atoms with Gasteiger partial charge in [-0.15, -0.1) is 0 Å². The van der Waals surface area contributed by atoms with Crippen molar-refractivity contribution in [3.63, 3.8) is 0 Å². The van der Waals surface area contributed by atoms with E-state index in [9.17, 15) is 4.79 Å². The highest BCUT2D eigenvalue weighted by atomic mass is 79.9. The highest BCUT2D eigenvalue weighted by Gasteiger charge is 2.05. The number of rotatable bonds is 7. The topological polar surface area (TPSA) is 50.7 Å². The fourth-order valence-electron chi connectivity index (χ4n) is 3.29. The van der Waals surface area contributed by atoms with Gasteiger partial charge in [-0.3, -0.25) is 4.79 Å². The predicted octanol–water partition coefficient (Wildman–Crippen LogP) is 5.87. The Balaban J connectivity index is 1.40. The Labute approximate surface area is 189 Å². The van der Waals surface area contributed by atoms with Crippen molar-refractivity contribution in [1.82, 2.24) is 5.43 Å². The SMILES string of the molecule is O=C(Cc1ccc(Br)cc1)N/N=C\c1ccccc1OCc1cccc2ccccc12. The summed E-state index contributed by atoms with van der Waals surface area (Å²) in [6, 6.07) is 29.7. The molecule has 1 amide bonds. The third-order valence-corrected chi connectivity index (χ3v) is 5.38. The molecular weight excluding hydrogens is 452 g/mol. The van der Waals surface area contributed by atoms with Crippen LogP contribution in [0, 0.1) is 0 Å². The van der Waals surface area contributed by atoms with Crippen molar-refractivity contribution in [2.75, 3.05) is 0 Å². The van der Waals surface area contributed by atoms with Crippen LogP contribution in [-0.4, -0.2) is 12.1 Å². The van der Waals surface area contributed by atoms with Crippen LogP contribution in [0.15, 0.2) is 101 Å². The maximum absolute atomic E-state index is 12.1. The Bertz CT molecular complexity index is 1210. The quantitative estimate of drug-likeness (QED) is 0.270. The highest BCUT2D eigenvalue weighted by Crippen LogP contribution is 2.22. The molecule has 0 heterocycles. The number of nitrogens with zero attached hydrogens (tertiary/aromatic N) is 1. The van der Waals surface area contributed by atoms with Crippen LogP contribution in [0.1, 0.15) is 16.7 Å². The molecule has 0 aromatic heterocycles. The van der Waals surface area contributed by atoms with Crippen molar-refractivity contribution in [3.8, 4) is 5.75 Å². The number of carbonyl (C=O) groups is 1. The van der Waals surface area contributed by atoms with E-state index in [0.29, 0.717) is 12.4 Å². The van der Waals surface area contributed by atoms with Gasteiger partial charge in [-0.05, 0) is 46.2 Å². The molecule has 0 aliphatic heterocycles. The fraction of sp³-hybridized carbons (Fsp3) is 0.0769. The van der Waals surface area contributed by atoms with E-state index in [2.05, 4.69) is 50.7 Å². The molecule has 0 unspecified atom stereocenters. The van der Waals surface area contributed by atoms with Crippen LogP contribution in [0.4, 0.5) is 0 Å². The van der Waals surface area contributed by atoms with Gasteiger partial charge in [-0.25, -0.2) is 5.43 Å². The number of benzene rings is 4. The van der Waals surface area contributed by atoms with E-state index in [1.54, 1.807) is 6.21 Å². The lowest BCUT2D eigenvalue weighted by Gasteiger charge is -2.11. The van der Waals surface area contributed by atoms with Crippen LogP contribution in [0.2, 0.25) is 0 Å². The number of ether oxygens (including phenoxy) is 1. The zero-order valence-electron chi connectivity index (χ0n) is 16.8. The summed E-state index contributed by atoms with van der Waals surface area (Å²) in [5.41, 5.74) is 5.42. The number of amides is 1. The zero-order chi connectivity index (χ0) is 21.5. The third kappa shape index (κ3) is 5.58. The maximum atomic E-state index is 12.1. The molecule has 0 aliphatic carbocycles. The van der Waals surface area contributed by atoms with Gasteiger partial charge in [0, 0.05) is 10.0 Å². The molecular formula is C26H21BrN2O2. The van der Waals surface area contributed by atoms with E-state index in [0.717, 1.165) is 21.2 Å². The largest absolute Gasteiger partial charge is 0.488 e. The van der Waals surface area contributed by atoms with Crippen molar-refractivity contribution >= 4 is 38.8 Å². The van der Waals surface area contributed by atoms with Crippen molar-refractivity contribution in [2.45, 2.75) is 13.0 Å². The number of hydrogen-bond donors (Lipinski definition) is 1. The summed E-state index contributed by atoms with van der Waals surface area (Å²) in [5, 5.41) is 6.47. The molecule has 0 saturated heterocycles. The van der Waals surface area contributed by atoms with Crippen molar-refractivity contribution in [2.24, 2.45) is 5.10 Å². The molecule has 1 N–H and O–H groups in total. The number of para-hydroxylation sites is 1. The summed E-state index contributed by atoms with van der Waals surface area (Å²) in [6.45, 7) is 0.447. The van der Waals surface area contributed by atoms with Gasteiger partial charge in [0.2, 0.25) is 5.91 Å². The minimum absolute atomic E-state index is 0.173. The lowest BCUT2D eigenvalue weighted by Crippen LogP contribution is -2.19. The van der Waals surface area contributed by atoms with Gasteiger partial charge in [0.05, 0.1) is 12.6 Å². The fourth-order valence-corrected chi connectivity index (χ4v) is 3.56. The van der Waals surface area contributed by atoms with Gasteiger partial charge in [-0.2, -0.15) is 5.10 Å². The average Bonchev–Trinajstić information content (AvgIpc) is 2.80. The molecule has 4 aromatic carbocycles. The number of fused-ring (bicyclic) bond motifs is 1. The van der Waals surface area contributed by atoms with E-state index in [-0.39, 0.29) is 12.3 Å². The monoisotopic (exact) mass is 472 g/mol. The molecule has 4 nitrogen and oxygen atoms in total. The smallest absolute Gasteiger partial charge is 0.244 e. The van der Waals surface area contributed by atoms with Crippen LogP contribution in [-0.2, 0) is 17.8 Å². The predicted molar refractivity (Wildman–Crippen MR) is 128 cm³/mol. The third-order valence-electron chi connectivity index (χ3n) is 4.85. The molecule has 154 valence electrons. The number of halogens is 1. The summed E-state index contributed by atoms with van der Waals surface area (Å²) < 4.78 is 7.07. The van der Waals surface area contributed by atoms with E-state index < -0.39 is 0 Å². The van der Waals surface area contributed by atoms with Gasteiger partial charge in [0.15, 0.2) is 0 Å². The minimum atomic E-state index is -0.173. The first-order chi connectivity index (χ1) is 15.2. The molecule has 0 saturated carbocycles. The first-order valence-electron chi connectivity index (χ1n) is 9.94. The summed E-state index contributed by atoms with van der Waals surface area (Å²) in [7, 11) is 0. The van der Waals surface area contributed by atoms with Crippen molar-refractivity contribution < 1.29 is 9.53 Å². The maximum Gasteiger partial charge on any atom is 0.244 e. The second-order valence-electron chi connectivity index (χ2n) is 7.06. The first kappa shape index (κ1) is 20.8. The Morgan fingerprint density at radius 2 is 1.65 bits per heavy atom. The van der Waals surface area contributed by atoms with Gasteiger partial charge < -0.3 is 4.74 Å². The lowest BCUT2D eigenvalue weighted by molar-refractivity contribution is -0.120. The van der Waals surface area contributed by atoms with E-state index in [4.69, 9.17) is 4.74 Å². The van der Waals surface area contributed by atoms with Gasteiger partial charge >= 0.3 is 0 Å². The highest BCUT2D eigenvalue weighted by molar-refractivity contribution is 9.10. The van der Waals surface area contributed by atoms with Crippen molar-refractivity contribution in [1.29, 1.82) is 0 Å². The van der Waals surface area contributed by atoms with E-state index >= 15 is 0 Å². The Hall–Kier alpha value is -3.44. The van der Waals surface area contributed by atoms with Gasteiger partial charge in [0.25, 0.3) is 0 Å². The normalized spacial score (nSPS) is 11.0. The second kappa shape index (κ2) is 10.0.